The minimum atomic E-state index is -0.853. The number of carbonyl (C=O) groups excluding carboxylic acids is 2. The molecule has 1 saturated heterocycles. The Kier molecular flexibility index (Phi) is 5.29. The number of hydrogen-bond acceptors (Lipinski definition) is 5. The van der Waals surface area contributed by atoms with Gasteiger partial charge in [-0.05, 0) is 49.7 Å². The molecule has 0 spiro atoms. The van der Waals surface area contributed by atoms with Gasteiger partial charge in [0.25, 0.3) is 11.7 Å². The minimum Gasteiger partial charge on any atom is -0.507 e. The topological polar surface area (TPSA) is 79.7 Å². The number of benzene rings is 2. The van der Waals surface area contributed by atoms with E-state index in [4.69, 9.17) is 4.74 Å². The third-order valence-corrected chi connectivity index (χ3v) is 5.37. The van der Waals surface area contributed by atoms with E-state index in [9.17, 15) is 14.7 Å². The highest BCUT2D eigenvalue weighted by Gasteiger charge is 2.48. The van der Waals surface area contributed by atoms with Gasteiger partial charge >= 0.3 is 0 Å². The highest BCUT2D eigenvalue weighted by Crippen LogP contribution is 2.42. The fourth-order valence-electron chi connectivity index (χ4n) is 3.90. The Morgan fingerprint density at radius 3 is 2.52 bits per heavy atom. The highest BCUT2D eigenvalue weighted by molar-refractivity contribution is 6.51. The van der Waals surface area contributed by atoms with Crippen LogP contribution >= 0.6 is 0 Å². The van der Waals surface area contributed by atoms with E-state index in [1.165, 1.54) is 12.0 Å². The molecule has 0 bridgehead atoms. The molecule has 1 aliphatic rings. The molecule has 31 heavy (non-hydrogen) atoms. The van der Waals surface area contributed by atoms with E-state index in [0.29, 0.717) is 22.7 Å². The van der Waals surface area contributed by atoms with Crippen molar-refractivity contribution in [2.75, 3.05) is 12.0 Å². The van der Waals surface area contributed by atoms with Gasteiger partial charge in [-0.25, -0.2) is 0 Å². The molecule has 2 aromatic carbocycles. The number of pyridine rings is 1. The van der Waals surface area contributed by atoms with Crippen molar-refractivity contribution in [3.63, 3.8) is 0 Å². The maximum absolute atomic E-state index is 13.2. The van der Waals surface area contributed by atoms with Gasteiger partial charge in [0.05, 0.1) is 18.4 Å². The molecule has 6 nitrogen and oxygen atoms in total. The summed E-state index contributed by atoms with van der Waals surface area (Å²) in [6.07, 6.45) is 1.60. The number of aryl methyl sites for hydroxylation is 2. The van der Waals surface area contributed by atoms with Crippen LogP contribution in [-0.2, 0) is 9.59 Å². The van der Waals surface area contributed by atoms with E-state index < -0.39 is 17.7 Å². The molecular formula is C25H22N2O4. The average Bonchev–Trinajstić information content (AvgIpc) is 3.04. The van der Waals surface area contributed by atoms with Gasteiger partial charge in [-0.2, -0.15) is 0 Å². The molecule has 0 saturated carbocycles. The molecule has 1 fully saturated rings. The first kappa shape index (κ1) is 20.3. The number of ketones is 1. The van der Waals surface area contributed by atoms with Crippen molar-refractivity contribution < 1.29 is 19.4 Å². The van der Waals surface area contributed by atoms with Crippen LogP contribution in [0, 0.1) is 13.8 Å². The first-order chi connectivity index (χ1) is 14.9. The van der Waals surface area contributed by atoms with Crippen LogP contribution in [0.15, 0.2) is 72.4 Å². The van der Waals surface area contributed by atoms with Gasteiger partial charge in [0, 0.05) is 17.4 Å². The summed E-state index contributed by atoms with van der Waals surface area (Å²) in [6, 6.07) is 16.8. The van der Waals surface area contributed by atoms with Crippen molar-refractivity contribution in [3.05, 3.63) is 94.8 Å². The van der Waals surface area contributed by atoms with Gasteiger partial charge in [-0.15, -0.1) is 0 Å². The summed E-state index contributed by atoms with van der Waals surface area (Å²) in [5, 5.41) is 11.1. The smallest absolute Gasteiger partial charge is 0.300 e. The van der Waals surface area contributed by atoms with Crippen LogP contribution in [0.1, 0.15) is 28.4 Å². The minimum absolute atomic E-state index is 0.00284. The molecule has 2 heterocycles. The predicted octanol–water partition coefficient (Wildman–Crippen LogP) is 4.33. The molecule has 1 N–H and O–H groups in total. The maximum Gasteiger partial charge on any atom is 0.300 e. The third kappa shape index (κ3) is 3.57. The van der Waals surface area contributed by atoms with Crippen molar-refractivity contribution in [1.82, 2.24) is 4.98 Å². The van der Waals surface area contributed by atoms with Crippen molar-refractivity contribution in [1.29, 1.82) is 0 Å². The fourth-order valence-corrected chi connectivity index (χ4v) is 3.90. The lowest BCUT2D eigenvalue weighted by molar-refractivity contribution is -0.132. The number of ether oxygens (including phenoxy) is 1. The molecule has 156 valence electrons. The zero-order valence-electron chi connectivity index (χ0n) is 17.5. The second-order valence-electron chi connectivity index (χ2n) is 7.45. The number of aliphatic hydroxyl groups is 1. The molecule has 1 unspecified atom stereocenters. The standard InChI is InChI=1S/C25H22N2O4/c1-15-10-11-20(16(2)13-15)27-22(19-9-4-5-12-26-19)21(24(29)25(27)30)23(28)17-7-6-8-18(14-17)31-3/h4-14,22,28H,1-3H3/b23-21+. The molecule has 1 atom stereocenters. The second kappa shape index (κ2) is 8.07. The van der Waals surface area contributed by atoms with E-state index in [0.717, 1.165) is 11.1 Å². The molecule has 1 aliphatic heterocycles. The molecular weight excluding hydrogens is 392 g/mol. The van der Waals surface area contributed by atoms with E-state index in [1.807, 2.05) is 32.0 Å². The summed E-state index contributed by atoms with van der Waals surface area (Å²) in [4.78, 5) is 32.1. The van der Waals surface area contributed by atoms with Gasteiger partial charge in [-0.1, -0.05) is 35.9 Å². The van der Waals surface area contributed by atoms with Crippen molar-refractivity contribution in [3.8, 4) is 5.75 Å². The zero-order chi connectivity index (χ0) is 22.1. The van der Waals surface area contributed by atoms with Crippen LogP contribution in [0.3, 0.4) is 0 Å². The molecule has 1 aromatic heterocycles. The average molecular weight is 414 g/mol. The van der Waals surface area contributed by atoms with E-state index in [2.05, 4.69) is 4.98 Å². The number of carbonyl (C=O) groups is 2. The molecule has 6 heteroatoms. The van der Waals surface area contributed by atoms with Crippen LogP contribution in [0.4, 0.5) is 5.69 Å². The summed E-state index contributed by atoms with van der Waals surface area (Å²) in [5.41, 5.74) is 3.38. The number of hydrogen-bond donors (Lipinski definition) is 1. The Labute approximate surface area is 180 Å². The molecule has 0 aliphatic carbocycles. The lowest BCUT2D eigenvalue weighted by Crippen LogP contribution is -2.30. The van der Waals surface area contributed by atoms with E-state index >= 15 is 0 Å². The summed E-state index contributed by atoms with van der Waals surface area (Å²) < 4.78 is 5.24. The number of amides is 1. The van der Waals surface area contributed by atoms with Crippen molar-refractivity contribution in [2.45, 2.75) is 19.9 Å². The molecule has 0 radical (unpaired) electrons. The zero-order valence-corrected chi connectivity index (χ0v) is 17.5. The third-order valence-electron chi connectivity index (χ3n) is 5.37. The van der Waals surface area contributed by atoms with Crippen molar-refractivity contribution in [2.24, 2.45) is 0 Å². The number of aromatic nitrogens is 1. The molecule has 4 rings (SSSR count). The SMILES string of the molecule is COc1cccc(/C(O)=C2\C(=O)C(=O)N(c3ccc(C)cc3C)C2c2ccccn2)c1. The molecule has 3 aromatic rings. The Balaban J connectivity index is 1.96. The van der Waals surface area contributed by atoms with Gasteiger partial charge in [0.1, 0.15) is 17.6 Å². The van der Waals surface area contributed by atoms with Crippen LogP contribution in [0.5, 0.6) is 5.75 Å². The van der Waals surface area contributed by atoms with Gasteiger partial charge in [0.15, 0.2) is 0 Å². The predicted molar refractivity (Wildman–Crippen MR) is 118 cm³/mol. The Morgan fingerprint density at radius 2 is 1.84 bits per heavy atom. The van der Waals surface area contributed by atoms with Gasteiger partial charge in [0.2, 0.25) is 0 Å². The summed E-state index contributed by atoms with van der Waals surface area (Å²) in [7, 11) is 1.52. The number of rotatable bonds is 4. The maximum atomic E-state index is 13.2. The molecule has 1 amide bonds. The Bertz CT molecular complexity index is 1200. The lowest BCUT2D eigenvalue weighted by Gasteiger charge is -2.26. The van der Waals surface area contributed by atoms with Gasteiger partial charge in [-0.3, -0.25) is 19.5 Å². The van der Waals surface area contributed by atoms with Crippen LogP contribution < -0.4 is 9.64 Å². The lowest BCUT2D eigenvalue weighted by atomic mass is 9.97. The first-order valence-corrected chi connectivity index (χ1v) is 9.86. The van der Waals surface area contributed by atoms with Crippen molar-refractivity contribution >= 4 is 23.1 Å². The van der Waals surface area contributed by atoms with Crippen LogP contribution in [0.2, 0.25) is 0 Å². The normalized spacial score (nSPS) is 17.8. The number of anilines is 1. The van der Waals surface area contributed by atoms with Crippen LogP contribution in [0.25, 0.3) is 5.76 Å². The van der Waals surface area contributed by atoms with E-state index in [1.54, 1.807) is 48.7 Å². The highest BCUT2D eigenvalue weighted by atomic mass is 16.5. The van der Waals surface area contributed by atoms with Gasteiger partial charge < -0.3 is 9.84 Å². The van der Waals surface area contributed by atoms with Crippen LogP contribution in [-0.4, -0.2) is 28.9 Å². The van der Waals surface area contributed by atoms with E-state index in [-0.39, 0.29) is 11.3 Å². The number of aliphatic hydroxyl groups excluding tert-OH is 1. The monoisotopic (exact) mass is 414 g/mol. The summed E-state index contributed by atoms with van der Waals surface area (Å²) in [5.74, 6) is -1.19. The second-order valence-corrected chi connectivity index (χ2v) is 7.45. The summed E-state index contributed by atoms with van der Waals surface area (Å²) in [6.45, 7) is 3.85. The quantitative estimate of drug-likeness (QED) is 0.390. The first-order valence-electron chi connectivity index (χ1n) is 9.86. The Hall–Kier alpha value is -3.93. The number of Topliss-reactive ketones (excluding diaryl/α,β-unsaturated/α-hetero) is 1. The largest absolute Gasteiger partial charge is 0.507 e. The number of methoxy groups -OCH3 is 1. The fraction of sp³-hybridized carbons (Fsp3) is 0.160. The Morgan fingerprint density at radius 1 is 1.03 bits per heavy atom. The number of nitrogens with zero attached hydrogens (tertiary/aromatic N) is 2. The summed E-state index contributed by atoms with van der Waals surface area (Å²) >= 11 is 0.